The van der Waals surface area contributed by atoms with Gasteiger partial charge in [0.25, 0.3) is 5.91 Å². The van der Waals surface area contributed by atoms with E-state index in [2.05, 4.69) is 20.8 Å². The number of nitrogens with one attached hydrogen (secondary N) is 1. The van der Waals surface area contributed by atoms with E-state index in [1.54, 1.807) is 24.3 Å². The van der Waals surface area contributed by atoms with E-state index in [9.17, 15) is 4.79 Å². The Morgan fingerprint density at radius 3 is 3.04 bits per heavy atom. The Kier molecular flexibility index (Phi) is 3.62. The van der Waals surface area contributed by atoms with E-state index in [1.807, 2.05) is 18.2 Å². The largest absolute Gasteiger partial charge is 0.480 e. The van der Waals surface area contributed by atoms with Crippen LogP contribution < -0.4 is 10.1 Å². The number of carbonyl (C=O) groups excluding carboxylic acids is 1. The van der Waals surface area contributed by atoms with E-state index in [1.165, 1.54) is 11.0 Å². The summed E-state index contributed by atoms with van der Waals surface area (Å²) in [5.41, 5.74) is 2.33. The van der Waals surface area contributed by atoms with Gasteiger partial charge in [0.2, 0.25) is 0 Å². The van der Waals surface area contributed by atoms with E-state index in [4.69, 9.17) is 16.3 Å². The molecule has 1 aliphatic heterocycles. The number of hydrogen-bond acceptors (Lipinski definition) is 5. The monoisotopic (exact) mass is 341 g/mol. The maximum absolute atomic E-state index is 12.4. The summed E-state index contributed by atoms with van der Waals surface area (Å²) in [4.78, 5) is 12.4. The lowest BCUT2D eigenvalue weighted by molar-refractivity contribution is -0.122. The van der Waals surface area contributed by atoms with Crippen LogP contribution >= 0.6 is 11.6 Å². The van der Waals surface area contributed by atoms with Gasteiger partial charge < -0.3 is 10.1 Å². The predicted octanol–water partition coefficient (Wildman–Crippen LogP) is 2.26. The molecule has 0 saturated heterocycles. The molecule has 3 aromatic rings. The molecule has 1 N–H and O–H groups in total. The second-order valence-electron chi connectivity index (χ2n) is 5.36. The highest BCUT2D eigenvalue weighted by Gasteiger charge is 2.29. The summed E-state index contributed by atoms with van der Waals surface area (Å²) in [5, 5.41) is 14.5. The Morgan fingerprint density at radius 1 is 1.29 bits per heavy atom. The lowest BCUT2D eigenvalue weighted by Crippen LogP contribution is -2.31. The summed E-state index contributed by atoms with van der Waals surface area (Å²) >= 11 is 5.97. The van der Waals surface area contributed by atoms with Crippen LogP contribution in [0.5, 0.6) is 5.75 Å². The fourth-order valence-corrected chi connectivity index (χ4v) is 2.79. The summed E-state index contributed by atoms with van der Waals surface area (Å²) in [6.07, 6.45) is 1.41. The lowest BCUT2D eigenvalue weighted by Gasteiger charge is -2.12. The number of anilines is 1. The van der Waals surface area contributed by atoms with Crippen molar-refractivity contribution in [2.24, 2.45) is 0 Å². The molecule has 0 saturated carbocycles. The molecule has 8 heteroatoms. The van der Waals surface area contributed by atoms with Gasteiger partial charge >= 0.3 is 0 Å². The van der Waals surface area contributed by atoms with Crippen molar-refractivity contribution in [2.45, 2.75) is 12.5 Å². The summed E-state index contributed by atoms with van der Waals surface area (Å²) in [5.74, 6) is 0.484. The predicted molar refractivity (Wildman–Crippen MR) is 87.4 cm³/mol. The van der Waals surface area contributed by atoms with Gasteiger partial charge in [-0.05, 0) is 52.4 Å². The maximum Gasteiger partial charge on any atom is 0.265 e. The van der Waals surface area contributed by atoms with Crippen LogP contribution in [0.25, 0.3) is 5.69 Å². The van der Waals surface area contributed by atoms with Gasteiger partial charge in [-0.1, -0.05) is 17.7 Å². The van der Waals surface area contributed by atoms with Crippen LogP contribution in [0.3, 0.4) is 0 Å². The Bertz CT molecular complexity index is 897. The number of fused-ring (bicyclic) bond motifs is 1. The van der Waals surface area contributed by atoms with Gasteiger partial charge in [-0.25, -0.2) is 4.68 Å². The fraction of sp³-hybridized carbons (Fsp3) is 0.125. The average Bonchev–Trinajstić information content (AvgIpc) is 3.24. The normalized spacial score (nSPS) is 15.6. The topological polar surface area (TPSA) is 81.9 Å². The van der Waals surface area contributed by atoms with Gasteiger partial charge in [0.05, 0.1) is 5.69 Å². The van der Waals surface area contributed by atoms with Gasteiger partial charge in [-0.3, -0.25) is 4.79 Å². The third-order valence-corrected chi connectivity index (χ3v) is 3.95. The Hall–Kier alpha value is -2.93. The van der Waals surface area contributed by atoms with Crippen LogP contribution in [0, 0.1) is 0 Å². The highest BCUT2D eigenvalue weighted by atomic mass is 35.5. The van der Waals surface area contributed by atoms with Crippen molar-refractivity contribution in [3.63, 3.8) is 0 Å². The van der Waals surface area contributed by atoms with Crippen molar-refractivity contribution < 1.29 is 9.53 Å². The molecular weight excluding hydrogens is 330 g/mol. The quantitative estimate of drug-likeness (QED) is 0.790. The van der Waals surface area contributed by atoms with Crippen LogP contribution in [-0.2, 0) is 11.2 Å². The van der Waals surface area contributed by atoms with Crippen molar-refractivity contribution in [3.05, 3.63) is 59.4 Å². The van der Waals surface area contributed by atoms with Crippen LogP contribution in [-0.4, -0.2) is 32.2 Å². The zero-order valence-corrected chi connectivity index (χ0v) is 13.1. The van der Waals surface area contributed by atoms with Crippen LogP contribution in [0.1, 0.15) is 5.56 Å². The molecule has 24 heavy (non-hydrogen) atoms. The first-order valence-electron chi connectivity index (χ1n) is 7.28. The number of ether oxygens (including phenoxy) is 1. The molecule has 0 fully saturated rings. The van der Waals surface area contributed by atoms with Crippen LogP contribution in [0.4, 0.5) is 5.69 Å². The molecule has 2 heterocycles. The van der Waals surface area contributed by atoms with E-state index in [-0.39, 0.29) is 5.91 Å². The molecule has 7 nitrogen and oxygen atoms in total. The van der Waals surface area contributed by atoms with Crippen molar-refractivity contribution in [3.8, 4) is 11.4 Å². The van der Waals surface area contributed by atoms with E-state index in [0.29, 0.717) is 22.9 Å². The number of nitrogens with zero attached hydrogens (tertiary/aromatic N) is 4. The molecule has 2 aromatic carbocycles. The molecule has 1 aliphatic rings. The molecule has 4 rings (SSSR count). The number of amides is 1. The lowest BCUT2D eigenvalue weighted by atomic mass is 10.1. The SMILES string of the molecule is O=C(Nc1cccc(-n2cnnn2)c1)[C@H]1Cc2cc(Cl)ccc2O1. The smallest absolute Gasteiger partial charge is 0.265 e. The highest BCUT2D eigenvalue weighted by molar-refractivity contribution is 6.30. The highest BCUT2D eigenvalue weighted by Crippen LogP contribution is 2.31. The minimum atomic E-state index is -0.574. The number of tetrazole rings is 1. The van der Waals surface area contributed by atoms with Crippen LogP contribution in [0.15, 0.2) is 48.8 Å². The number of carbonyl (C=O) groups is 1. The summed E-state index contributed by atoms with van der Waals surface area (Å²) < 4.78 is 7.20. The molecule has 1 amide bonds. The Morgan fingerprint density at radius 2 is 2.21 bits per heavy atom. The molecule has 120 valence electrons. The number of hydrogen-bond donors (Lipinski definition) is 1. The molecule has 0 unspecified atom stereocenters. The summed E-state index contributed by atoms with van der Waals surface area (Å²) in [6, 6.07) is 12.6. The molecular formula is C16H12ClN5O2. The minimum Gasteiger partial charge on any atom is -0.480 e. The Balaban J connectivity index is 1.48. The van der Waals surface area contributed by atoms with Crippen molar-refractivity contribution in [1.82, 2.24) is 20.2 Å². The molecule has 0 radical (unpaired) electrons. The fourth-order valence-electron chi connectivity index (χ4n) is 2.59. The zero-order chi connectivity index (χ0) is 16.5. The molecule has 0 bridgehead atoms. The molecule has 0 aliphatic carbocycles. The van der Waals surface area contributed by atoms with Crippen molar-refractivity contribution in [2.75, 3.05) is 5.32 Å². The number of aromatic nitrogens is 4. The average molecular weight is 342 g/mol. The van der Waals surface area contributed by atoms with Gasteiger partial charge in [-0.15, -0.1) is 5.10 Å². The molecule has 0 spiro atoms. The first-order valence-corrected chi connectivity index (χ1v) is 7.66. The maximum atomic E-state index is 12.4. The number of halogens is 1. The van der Waals surface area contributed by atoms with Gasteiger partial charge in [-0.2, -0.15) is 0 Å². The first kappa shape index (κ1) is 14.6. The second-order valence-corrected chi connectivity index (χ2v) is 5.79. The first-order chi connectivity index (χ1) is 11.7. The Labute approximate surface area is 142 Å². The van der Waals surface area contributed by atoms with E-state index in [0.717, 1.165) is 11.3 Å². The molecule has 1 aromatic heterocycles. The van der Waals surface area contributed by atoms with Gasteiger partial charge in [0.15, 0.2) is 6.10 Å². The standard InChI is InChI=1S/C16H12ClN5O2/c17-11-4-5-14-10(6-11)7-15(24-14)16(23)19-12-2-1-3-13(8-12)22-9-18-20-21-22/h1-6,8-9,15H,7H2,(H,19,23)/t15-/m1/s1. The summed E-state index contributed by atoms with van der Waals surface area (Å²) in [6.45, 7) is 0. The third kappa shape index (κ3) is 2.81. The minimum absolute atomic E-state index is 0.212. The van der Waals surface area contributed by atoms with Gasteiger partial charge in [0, 0.05) is 17.1 Å². The summed E-state index contributed by atoms with van der Waals surface area (Å²) in [7, 11) is 0. The van der Waals surface area contributed by atoms with E-state index < -0.39 is 6.10 Å². The number of benzene rings is 2. The number of rotatable bonds is 3. The third-order valence-electron chi connectivity index (χ3n) is 3.72. The molecule has 1 atom stereocenters. The van der Waals surface area contributed by atoms with Crippen molar-refractivity contribution in [1.29, 1.82) is 0 Å². The van der Waals surface area contributed by atoms with E-state index >= 15 is 0 Å². The zero-order valence-electron chi connectivity index (χ0n) is 12.4. The van der Waals surface area contributed by atoms with Crippen LogP contribution in [0.2, 0.25) is 5.02 Å². The second kappa shape index (κ2) is 5.93. The van der Waals surface area contributed by atoms with Gasteiger partial charge in [0.1, 0.15) is 12.1 Å². The van der Waals surface area contributed by atoms with Crippen molar-refractivity contribution >= 4 is 23.2 Å².